The SMILES string of the molecule is COc1cccc(-c2cc(C(=O)NC(C)c3ccc(C(C)C)cc3)c3cc(Br)ccc3n2)c1. The molecule has 1 aromatic heterocycles. The predicted octanol–water partition coefficient (Wildman–Crippen LogP) is 7.29. The standard InChI is InChI=1S/C28H27BrN2O2/c1-17(2)19-8-10-20(11-9-19)18(3)30-28(32)25-16-27(21-6-5-7-23(14-21)33-4)31-26-13-12-22(29)15-24(25)26/h5-18H,1-4H3,(H,30,32). The highest BCUT2D eigenvalue weighted by Gasteiger charge is 2.17. The second-order valence-corrected chi connectivity index (χ2v) is 9.38. The Kier molecular flexibility index (Phi) is 6.80. The number of fused-ring (bicyclic) bond motifs is 1. The first-order valence-corrected chi connectivity index (χ1v) is 11.8. The van der Waals surface area contributed by atoms with Gasteiger partial charge in [0.1, 0.15) is 5.75 Å². The Hall–Kier alpha value is -3.18. The summed E-state index contributed by atoms with van der Waals surface area (Å²) in [6, 6.07) is 23.7. The summed E-state index contributed by atoms with van der Waals surface area (Å²) in [7, 11) is 1.64. The molecular formula is C28H27BrN2O2. The van der Waals surface area contributed by atoms with Crippen molar-refractivity contribution in [1.29, 1.82) is 0 Å². The topological polar surface area (TPSA) is 51.2 Å². The molecule has 0 spiro atoms. The van der Waals surface area contributed by atoms with E-state index in [0.29, 0.717) is 11.5 Å². The lowest BCUT2D eigenvalue weighted by Gasteiger charge is -2.17. The van der Waals surface area contributed by atoms with Gasteiger partial charge >= 0.3 is 0 Å². The van der Waals surface area contributed by atoms with E-state index in [1.54, 1.807) is 7.11 Å². The molecule has 0 aliphatic carbocycles. The van der Waals surface area contributed by atoms with Crippen LogP contribution < -0.4 is 10.1 Å². The number of benzene rings is 3. The van der Waals surface area contributed by atoms with Gasteiger partial charge < -0.3 is 10.1 Å². The summed E-state index contributed by atoms with van der Waals surface area (Å²) in [5.74, 6) is 1.08. The molecule has 5 heteroatoms. The number of ether oxygens (including phenoxy) is 1. The molecule has 0 saturated heterocycles. The molecule has 4 nitrogen and oxygen atoms in total. The summed E-state index contributed by atoms with van der Waals surface area (Å²) >= 11 is 3.53. The molecule has 1 unspecified atom stereocenters. The van der Waals surface area contributed by atoms with E-state index in [4.69, 9.17) is 9.72 Å². The van der Waals surface area contributed by atoms with Crippen LogP contribution in [0.5, 0.6) is 5.75 Å². The van der Waals surface area contributed by atoms with Gasteiger partial charge in [0.2, 0.25) is 0 Å². The van der Waals surface area contributed by atoms with E-state index in [-0.39, 0.29) is 11.9 Å². The van der Waals surface area contributed by atoms with Crippen molar-refractivity contribution >= 4 is 32.7 Å². The highest BCUT2D eigenvalue weighted by atomic mass is 79.9. The summed E-state index contributed by atoms with van der Waals surface area (Å²) < 4.78 is 6.27. The van der Waals surface area contributed by atoms with E-state index >= 15 is 0 Å². The number of halogens is 1. The highest BCUT2D eigenvalue weighted by molar-refractivity contribution is 9.10. The summed E-state index contributed by atoms with van der Waals surface area (Å²) in [6.45, 7) is 6.35. The van der Waals surface area contributed by atoms with Crippen LogP contribution in [0, 0.1) is 0 Å². The minimum absolute atomic E-state index is 0.130. The molecule has 1 amide bonds. The number of methoxy groups -OCH3 is 1. The first-order valence-electron chi connectivity index (χ1n) is 11.0. The number of hydrogen-bond donors (Lipinski definition) is 1. The van der Waals surface area contributed by atoms with Gasteiger partial charge in [-0.25, -0.2) is 4.98 Å². The zero-order chi connectivity index (χ0) is 23.5. The van der Waals surface area contributed by atoms with Crippen molar-refractivity contribution < 1.29 is 9.53 Å². The molecule has 1 heterocycles. The molecule has 4 aromatic rings. The number of pyridine rings is 1. The molecule has 0 saturated carbocycles. The van der Waals surface area contributed by atoms with Crippen LogP contribution in [0.3, 0.4) is 0 Å². The minimum Gasteiger partial charge on any atom is -0.497 e. The largest absolute Gasteiger partial charge is 0.497 e. The predicted molar refractivity (Wildman–Crippen MR) is 138 cm³/mol. The maximum atomic E-state index is 13.5. The summed E-state index contributed by atoms with van der Waals surface area (Å²) in [5.41, 5.74) is 5.32. The Balaban J connectivity index is 1.71. The summed E-state index contributed by atoms with van der Waals surface area (Å²) in [4.78, 5) is 18.3. The fraction of sp³-hybridized carbons (Fsp3) is 0.214. The van der Waals surface area contributed by atoms with E-state index in [0.717, 1.165) is 37.9 Å². The van der Waals surface area contributed by atoms with Gasteiger partial charge in [-0.1, -0.05) is 66.2 Å². The zero-order valence-electron chi connectivity index (χ0n) is 19.2. The third kappa shape index (κ3) is 5.09. The van der Waals surface area contributed by atoms with Crippen molar-refractivity contribution in [2.75, 3.05) is 7.11 Å². The Morgan fingerprint density at radius 1 is 0.939 bits per heavy atom. The van der Waals surface area contributed by atoms with Gasteiger partial charge in [-0.15, -0.1) is 0 Å². The first-order chi connectivity index (χ1) is 15.9. The molecule has 1 N–H and O–H groups in total. The second-order valence-electron chi connectivity index (χ2n) is 8.47. The number of amides is 1. The fourth-order valence-electron chi connectivity index (χ4n) is 3.84. The molecule has 0 bridgehead atoms. The Morgan fingerprint density at radius 2 is 1.67 bits per heavy atom. The molecule has 33 heavy (non-hydrogen) atoms. The van der Waals surface area contributed by atoms with Gasteiger partial charge in [0, 0.05) is 15.4 Å². The lowest BCUT2D eigenvalue weighted by atomic mass is 9.99. The van der Waals surface area contributed by atoms with Gasteiger partial charge in [0.25, 0.3) is 5.91 Å². The summed E-state index contributed by atoms with van der Waals surface area (Å²) in [5, 5.41) is 3.97. The maximum absolute atomic E-state index is 13.5. The van der Waals surface area contributed by atoms with Gasteiger partial charge in [0.05, 0.1) is 29.9 Å². The number of aromatic nitrogens is 1. The van der Waals surface area contributed by atoms with Crippen LogP contribution in [0.4, 0.5) is 0 Å². The van der Waals surface area contributed by atoms with Crippen molar-refractivity contribution in [3.63, 3.8) is 0 Å². The van der Waals surface area contributed by atoms with E-state index in [1.807, 2.05) is 55.5 Å². The third-order valence-corrected chi connectivity index (χ3v) is 6.32. The molecule has 0 radical (unpaired) electrons. The van der Waals surface area contributed by atoms with Crippen molar-refractivity contribution in [2.24, 2.45) is 0 Å². The smallest absolute Gasteiger partial charge is 0.252 e. The van der Waals surface area contributed by atoms with Crippen LogP contribution in [-0.2, 0) is 0 Å². The van der Waals surface area contributed by atoms with E-state index in [9.17, 15) is 4.79 Å². The molecule has 1 atom stereocenters. The zero-order valence-corrected chi connectivity index (χ0v) is 20.8. The number of hydrogen-bond acceptors (Lipinski definition) is 3. The van der Waals surface area contributed by atoms with Gasteiger partial charge in [0.15, 0.2) is 0 Å². The highest BCUT2D eigenvalue weighted by Crippen LogP contribution is 2.29. The van der Waals surface area contributed by atoms with Gasteiger partial charge in [-0.05, 0) is 60.4 Å². The van der Waals surface area contributed by atoms with Crippen molar-refractivity contribution in [1.82, 2.24) is 10.3 Å². The van der Waals surface area contributed by atoms with Crippen LogP contribution >= 0.6 is 15.9 Å². The average Bonchev–Trinajstić information content (AvgIpc) is 2.83. The Labute approximate surface area is 203 Å². The number of nitrogens with one attached hydrogen (secondary N) is 1. The van der Waals surface area contributed by atoms with E-state index < -0.39 is 0 Å². The van der Waals surface area contributed by atoms with Gasteiger partial charge in [-0.2, -0.15) is 0 Å². The number of carbonyl (C=O) groups excluding carboxylic acids is 1. The minimum atomic E-state index is -0.134. The monoisotopic (exact) mass is 502 g/mol. The lowest BCUT2D eigenvalue weighted by molar-refractivity contribution is 0.0941. The number of carbonyl (C=O) groups is 1. The third-order valence-electron chi connectivity index (χ3n) is 5.83. The first kappa shape index (κ1) is 23.0. The number of rotatable bonds is 6. The van der Waals surface area contributed by atoms with E-state index in [1.165, 1.54) is 5.56 Å². The Bertz CT molecular complexity index is 1300. The molecule has 0 fully saturated rings. The van der Waals surface area contributed by atoms with Crippen LogP contribution in [0.1, 0.15) is 54.2 Å². The van der Waals surface area contributed by atoms with Crippen LogP contribution in [-0.4, -0.2) is 18.0 Å². The molecule has 0 aliphatic rings. The van der Waals surface area contributed by atoms with Crippen molar-refractivity contribution in [3.8, 4) is 17.0 Å². The van der Waals surface area contributed by atoms with Crippen LogP contribution in [0.2, 0.25) is 0 Å². The lowest BCUT2D eigenvalue weighted by Crippen LogP contribution is -2.27. The van der Waals surface area contributed by atoms with E-state index in [2.05, 4.69) is 59.4 Å². The molecular weight excluding hydrogens is 476 g/mol. The quantitative estimate of drug-likeness (QED) is 0.301. The molecule has 0 aliphatic heterocycles. The summed E-state index contributed by atoms with van der Waals surface area (Å²) in [6.07, 6.45) is 0. The van der Waals surface area contributed by atoms with Crippen LogP contribution in [0.15, 0.2) is 77.3 Å². The number of nitrogens with zero attached hydrogens (tertiary/aromatic N) is 1. The van der Waals surface area contributed by atoms with Crippen molar-refractivity contribution in [3.05, 3.63) is 94.0 Å². The molecule has 168 valence electrons. The fourth-order valence-corrected chi connectivity index (χ4v) is 4.20. The average molecular weight is 503 g/mol. The normalized spacial score (nSPS) is 12.1. The molecule has 4 rings (SSSR count). The Morgan fingerprint density at radius 3 is 2.36 bits per heavy atom. The maximum Gasteiger partial charge on any atom is 0.252 e. The van der Waals surface area contributed by atoms with Gasteiger partial charge in [-0.3, -0.25) is 4.79 Å². The van der Waals surface area contributed by atoms with Crippen LogP contribution in [0.25, 0.3) is 22.2 Å². The second kappa shape index (κ2) is 9.75. The van der Waals surface area contributed by atoms with Crippen molar-refractivity contribution in [2.45, 2.75) is 32.7 Å². The molecule has 3 aromatic carbocycles.